The average molecular weight is 303 g/mol. The summed E-state index contributed by atoms with van der Waals surface area (Å²) in [5, 5.41) is 6.68. The third kappa shape index (κ3) is 3.14. The number of nitrogens with zero attached hydrogens (tertiary/aromatic N) is 3. The second kappa shape index (κ2) is 6.23. The zero-order valence-electron chi connectivity index (χ0n) is 12.1. The lowest BCUT2D eigenvalue weighted by Gasteiger charge is -2.20. The Kier molecular flexibility index (Phi) is 4.15. The molecule has 6 nitrogen and oxygen atoms in total. The number of halogens is 1. The zero-order valence-corrected chi connectivity index (χ0v) is 12.1. The molecule has 1 aromatic carbocycles. The number of rotatable bonds is 4. The number of H-pyrrole nitrogens is 1. The van der Waals surface area contributed by atoms with E-state index in [-0.39, 0.29) is 17.6 Å². The summed E-state index contributed by atoms with van der Waals surface area (Å²) < 4.78 is 13.2. The highest BCUT2D eigenvalue weighted by atomic mass is 19.1. The summed E-state index contributed by atoms with van der Waals surface area (Å²) in [5.41, 5.74) is 6.72. The van der Waals surface area contributed by atoms with Crippen LogP contribution >= 0.6 is 0 Å². The molecule has 0 radical (unpaired) electrons. The first-order valence-electron chi connectivity index (χ1n) is 7.27. The molecule has 0 spiro atoms. The number of carbonyl (C=O) groups excluding carboxylic acids is 1. The summed E-state index contributed by atoms with van der Waals surface area (Å²) in [6.45, 7) is 1.24. The molecule has 1 saturated heterocycles. The van der Waals surface area contributed by atoms with Crippen molar-refractivity contribution in [3.8, 4) is 0 Å². The lowest BCUT2D eigenvalue weighted by molar-refractivity contribution is -0.131. The molecular weight excluding hydrogens is 285 g/mol. The van der Waals surface area contributed by atoms with Gasteiger partial charge in [0.15, 0.2) is 0 Å². The van der Waals surface area contributed by atoms with Crippen LogP contribution in [0.4, 0.5) is 4.39 Å². The number of hydrogen-bond donors (Lipinski definition) is 2. The Bertz CT molecular complexity index is 645. The predicted octanol–water partition coefficient (Wildman–Crippen LogP) is 0.830. The maximum atomic E-state index is 13.2. The normalized spacial score (nSPS) is 19.4. The molecule has 116 valence electrons. The van der Waals surface area contributed by atoms with Crippen molar-refractivity contribution in [2.75, 3.05) is 13.1 Å². The Labute approximate surface area is 127 Å². The van der Waals surface area contributed by atoms with Crippen LogP contribution in [0, 0.1) is 5.82 Å². The SMILES string of the molecule is NC(Cc1cccc(F)c1)C(=O)N1CCC(c2ncn[nH]2)C1. The van der Waals surface area contributed by atoms with Crippen LogP contribution in [0.25, 0.3) is 0 Å². The number of hydrogen-bond acceptors (Lipinski definition) is 4. The van der Waals surface area contributed by atoms with Crippen LogP contribution in [0.2, 0.25) is 0 Å². The van der Waals surface area contributed by atoms with Crippen LogP contribution in [0.5, 0.6) is 0 Å². The number of nitrogens with two attached hydrogens (primary N) is 1. The molecule has 7 heteroatoms. The van der Waals surface area contributed by atoms with Crippen LogP contribution in [0.15, 0.2) is 30.6 Å². The van der Waals surface area contributed by atoms with E-state index < -0.39 is 6.04 Å². The van der Waals surface area contributed by atoms with Crippen LogP contribution in [0.1, 0.15) is 23.7 Å². The number of amides is 1. The average Bonchev–Trinajstić information content (AvgIpc) is 3.17. The third-order valence-electron chi connectivity index (χ3n) is 3.98. The minimum atomic E-state index is -0.657. The van der Waals surface area contributed by atoms with Gasteiger partial charge in [-0.15, -0.1) is 0 Å². The van der Waals surface area contributed by atoms with Crippen molar-refractivity contribution in [1.29, 1.82) is 0 Å². The first kappa shape index (κ1) is 14.6. The molecule has 2 atom stereocenters. The van der Waals surface area contributed by atoms with E-state index in [2.05, 4.69) is 15.2 Å². The Morgan fingerprint density at radius 3 is 3.14 bits per heavy atom. The van der Waals surface area contributed by atoms with Gasteiger partial charge in [-0.05, 0) is 30.5 Å². The fourth-order valence-electron chi connectivity index (χ4n) is 2.83. The van der Waals surface area contributed by atoms with Gasteiger partial charge in [-0.3, -0.25) is 9.89 Å². The van der Waals surface area contributed by atoms with Crippen molar-refractivity contribution in [2.24, 2.45) is 5.73 Å². The molecule has 0 aliphatic carbocycles. The summed E-state index contributed by atoms with van der Waals surface area (Å²) in [6.07, 6.45) is 2.64. The molecule has 22 heavy (non-hydrogen) atoms. The molecule has 1 aliphatic rings. The van der Waals surface area contributed by atoms with Gasteiger partial charge in [0.25, 0.3) is 0 Å². The van der Waals surface area contributed by atoms with Gasteiger partial charge in [-0.2, -0.15) is 5.10 Å². The molecule has 0 bridgehead atoms. The first-order valence-corrected chi connectivity index (χ1v) is 7.27. The molecule has 1 fully saturated rings. The van der Waals surface area contributed by atoms with Gasteiger partial charge in [-0.25, -0.2) is 9.37 Å². The summed E-state index contributed by atoms with van der Waals surface area (Å²) >= 11 is 0. The molecule has 2 aromatic rings. The zero-order chi connectivity index (χ0) is 15.5. The molecule has 2 heterocycles. The van der Waals surface area contributed by atoms with Gasteiger partial charge >= 0.3 is 0 Å². The minimum Gasteiger partial charge on any atom is -0.341 e. The van der Waals surface area contributed by atoms with E-state index in [4.69, 9.17) is 5.73 Å². The highest BCUT2D eigenvalue weighted by Crippen LogP contribution is 2.24. The summed E-state index contributed by atoms with van der Waals surface area (Å²) in [7, 11) is 0. The van der Waals surface area contributed by atoms with Gasteiger partial charge in [0, 0.05) is 19.0 Å². The van der Waals surface area contributed by atoms with E-state index in [0.29, 0.717) is 19.5 Å². The number of benzene rings is 1. The molecule has 3 N–H and O–H groups in total. The van der Waals surface area contributed by atoms with Crippen molar-refractivity contribution in [1.82, 2.24) is 20.1 Å². The predicted molar refractivity (Wildman–Crippen MR) is 78.4 cm³/mol. The van der Waals surface area contributed by atoms with Crippen LogP contribution < -0.4 is 5.73 Å². The standard InChI is InChI=1S/C15H18FN5O/c16-12-3-1-2-10(6-12)7-13(17)15(22)21-5-4-11(8-21)14-18-9-19-20-14/h1-3,6,9,11,13H,4-5,7-8,17H2,(H,18,19,20). The fourth-order valence-corrected chi connectivity index (χ4v) is 2.83. The largest absolute Gasteiger partial charge is 0.341 e. The molecule has 1 aromatic heterocycles. The van der Waals surface area contributed by atoms with Crippen molar-refractivity contribution >= 4 is 5.91 Å². The van der Waals surface area contributed by atoms with Crippen molar-refractivity contribution in [3.05, 3.63) is 47.8 Å². The van der Waals surface area contributed by atoms with E-state index in [0.717, 1.165) is 17.8 Å². The number of carbonyl (C=O) groups is 1. The number of likely N-dealkylation sites (tertiary alicyclic amines) is 1. The maximum Gasteiger partial charge on any atom is 0.239 e. The lowest BCUT2D eigenvalue weighted by Crippen LogP contribution is -2.43. The van der Waals surface area contributed by atoms with E-state index in [1.165, 1.54) is 18.5 Å². The number of aromatic amines is 1. The number of nitrogens with one attached hydrogen (secondary N) is 1. The number of aromatic nitrogens is 3. The monoisotopic (exact) mass is 303 g/mol. The highest BCUT2D eigenvalue weighted by molar-refractivity contribution is 5.82. The summed E-state index contributed by atoms with van der Waals surface area (Å²) in [5.74, 6) is 0.553. The second-order valence-corrected chi connectivity index (χ2v) is 5.58. The molecule has 0 saturated carbocycles. The molecule has 2 unspecified atom stereocenters. The van der Waals surface area contributed by atoms with Gasteiger partial charge < -0.3 is 10.6 Å². The Morgan fingerprint density at radius 2 is 2.41 bits per heavy atom. The van der Waals surface area contributed by atoms with Crippen LogP contribution in [0.3, 0.4) is 0 Å². The van der Waals surface area contributed by atoms with Crippen LogP contribution in [-0.2, 0) is 11.2 Å². The lowest BCUT2D eigenvalue weighted by atomic mass is 10.1. The van der Waals surface area contributed by atoms with Crippen molar-refractivity contribution < 1.29 is 9.18 Å². The topological polar surface area (TPSA) is 87.9 Å². The molecule has 3 rings (SSSR count). The third-order valence-corrected chi connectivity index (χ3v) is 3.98. The Hall–Kier alpha value is -2.28. The van der Waals surface area contributed by atoms with Gasteiger partial charge in [-0.1, -0.05) is 12.1 Å². The highest BCUT2D eigenvalue weighted by Gasteiger charge is 2.31. The van der Waals surface area contributed by atoms with E-state index in [1.807, 2.05) is 0 Å². The molecular formula is C15H18FN5O. The van der Waals surface area contributed by atoms with Gasteiger partial charge in [0.1, 0.15) is 18.0 Å². The van der Waals surface area contributed by atoms with E-state index in [1.54, 1.807) is 17.0 Å². The van der Waals surface area contributed by atoms with Crippen LogP contribution in [-0.4, -0.2) is 45.1 Å². The van der Waals surface area contributed by atoms with E-state index >= 15 is 0 Å². The fraction of sp³-hybridized carbons (Fsp3) is 0.400. The molecule has 1 amide bonds. The van der Waals surface area contributed by atoms with Gasteiger partial charge in [0.2, 0.25) is 5.91 Å². The Morgan fingerprint density at radius 1 is 1.55 bits per heavy atom. The summed E-state index contributed by atoms with van der Waals surface area (Å²) in [4.78, 5) is 18.3. The van der Waals surface area contributed by atoms with E-state index in [9.17, 15) is 9.18 Å². The smallest absolute Gasteiger partial charge is 0.239 e. The second-order valence-electron chi connectivity index (χ2n) is 5.58. The van der Waals surface area contributed by atoms with Crippen molar-refractivity contribution in [2.45, 2.75) is 24.8 Å². The Balaban J connectivity index is 1.59. The maximum absolute atomic E-state index is 13.2. The summed E-state index contributed by atoms with van der Waals surface area (Å²) in [6, 6.07) is 5.53. The minimum absolute atomic E-state index is 0.105. The first-order chi connectivity index (χ1) is 10.6. The van der Waals surface area contributed by atoms with Gasteiger partial charge in [0.05, 0.1) is 6.04 Å². The van der Waals surface area contributed by atoms with Crippen molar-refractivity contribution in [3.63, 3.8) is 0 Å². The quantitative estimate of drug-likeness (QED) is 0.875. The molecule has 1 aliphatic heterocycles.